The summed E-state index contributed by atoms with van der Waals surface area (Å²) in [5.41, 5.74) is 0.267. The Morgan fingerprint density at radius 2 is 1.91 bits per heavy atom. The van der Waals surface area contributed by atoms with Gasteiger partial charge in [0.2, 0.25) is 0 Å². The highest BCUT2D eigenvalue weighted by molar-refractivity contribution is 6.35. The van der Waals surface area contributed by atoms with E-state index in [9.17, 15) is 9.59 Å². The lowest BCUT2D eigenvalue weighted by Crippen LogP contribution is -2.53. The summed E-state index contributed by atoms with van der Waals surface area (Å²) in [7, 11) is 0. The van der Waals surface area contributed by atoms with Crippen LogP contribution in [0.25, 0.3) is 0 Å². The molecule has 1 N–H and O–H groups in total. The SMILES string of the molecule is CC(C)NC(=O)C(=O)N1CCN(c2ccc(C#N)nn2)CC1. The molecule has 1 aliphatic heterocycles. The summed E-state index contributed by atoms with van der Waals surface area (Å²) in [5, 5.41) is 19.1. The van der Waals surface area contributed by atoms with E-state index in [1.807, 2.05) is 24.8 Å². The van der Waals surface area contributed by atoms with Gasteiger partial charge in [0, 0.05) is 32.2 Å². The second-order valence-electron chi connectivity index (χ2n) is 5.30. The van der Waals surface area contributed by atoms with Crippen LogP contribution in [0.2, 0.25) is 0 Å². The summed E-state index contributed by atoms with van der Waals surface area (Å²) in [6, 6.07) is 5.19. The first kappa shape index (κ1) is 15.7. The van der Waals surface area contributed by atoms with Crippen LogP contribution < -0.4 is 10.2 Å². The quantitative estimate of drug-likeness (QED) is 0.740. The zero-order valence-electron chi connectivity index (χ0n) is 12.6. The minimum atomic E-state index is -0.568. The van der Waals surface area contributed by atoms with Crippen molar-refractivity contribution >= 4 is 17.6 Å². The lowest BCUT2D eigenvalue weighted by atomic mass is 10.3. The van der Waals surface area contributed by atoms with Gasteiger partial charge in [0.05, 0.1) is 0 Å². The summed E-state index contributed by atoms with van der Waals surface area (Å²) < 4.78 is 0. The second-order valence-corrected chi connectivity index (χ2v) is 5.30. The van der Waals surface area contributed by atoms with E-state index in [2.05, 4.69) is 15.5 Å². The van der Waals surface area contributed by atoms with Gasteiger partial charge in [-0.2, -0.15) is 5.26 Å². The van der Waals surface area contributed by atoms with Gasteiger partial charge in [-0.1, -0.05) is 0 Å². The van der Waals surface area contributed by atoms with Crippen LogP contribution in [0, 0.1) is 11.3 Å². The molecule has 0 bridgehead atoms. The normalized spacial score (nSPS) is 14.6. The van der Waals surface area contributed by atoms with E-state index in [-0.39, 0.29) is 11.7 Å². The van der Waals surface area contributed by atoms with E-state index in [4.69, 9.17) is 5.26 Å². The van der Waals surface area contributed by atoms with Gasteiger partial charge in [-0.25, -0.2) is 0 Å². The van der Waals surface area contributed by atoms with Gasteiger partial charge in [0.25, 0.3) is 0 Å². The molecule has 0 saturated carbocycles. The van der Waals surface area contributed by atoms with Gasteiger partial charge in [-0.3, -0.25) is 9.59 Å². The minimum absolute atomic E-state index is 0.0633. The summed E-state index contributed by atoms with van der Waals surface area (Å²) in [4.78, 5) is 27.2. The van der Waals surface area contributed by atoms with Crippen molar-refractivity contribution in [1.82, 2.24) is 20.4 Å². The maximum absolute atomic E-state index is 12.0. The molecule has 2 amide bonds. The molecule has 1 aromatic rings. The van der Waals surface area contributed by atoms with Crippen molar-refractivity contribution < 1.29 is 9.59 Å². The molecule has 1 aliphatic rings. The second kappa shape index (κ2) is 6.85. The summed E-state index contributed by atoms with van der Waals surface area (Å²) in [6.07, 6.45) is 0. The number of carbonyl (C=O) groups is 2. The molecule has 1 saturated heterocycles. The Balaban J connectivity index is 1.91. The highest BCUT2D eigenvalue weighted by Crippen LogP contribution is 2.12. The van der Waals surface area contributed by atoms with Gasteiger partial charge in [-0.15, -0.1) is 10.2 Å². The average Bonchev–Trinajstić information content (AvgIpc) is 2.54. The molecule has 2 heterocycles. The molecule has 0 unspecified atom stereocenters. The number of piperazine rings is 1. The average molecular weight is 302 g/mol. The van der Waals surface area contributed by atoms with Gasteiger partial charge in [0.1, 0.15) is 6.07 Å². The Bertz CT molecular complexity index is 584. The highest BCUT2D eigenvalue weighted by atomic mass is 16.2. The van der Waals surface area contributed by atoms with E-state index in [1.54, 1.807) is 12.1 Å². The summed E-state index contributed by atoms with van der Waals surface area (Å²) in [5.74, 6) is -0.404. The maximum atomic E-state index is 12.0. The molecule has 116 valence electrons. The molecule has 8 heteroatoms. The third kappa shape index (κ3) is 3.69. The van der Waals surface area contributed by atoms with Gasteiger partial charge >= 0.3 is 11.8 Å². The van der Waals surface area contributed by atoms with Gasteiger partial charge in [-0.05, 0) is 26.0 Å². The number of hydrogen-bond acceptors (Lipinski definition) is 6. The third-order valence-electron chi connectivity index (χ3n) is 3.27. The zero-order valence-corrected chi connectivity index (χ0v) is 12.6. The summed E-state index contributed by atoms with van der Waals surface area (Å²) >= 11 is 0. The van der Waals surface area contributed by atoms with E-state index >= 15 is 0 Å². The Morgan fingerprint density at radius 1 is 1.23 bits per heavy atom. The van der Waals surface area contributed by atoms with Crippen LogP contribution in [-0.4, -0.2) is 59.1 Å². The van der Waals surface area contributed by atoms with E-state index in [1.165, 1.54) is 4.90 Å². The van der Waals surface area contributed by atoms with Crippen LogP contribution in [0.3, 0.4) is 0 Å². The number of nitrogens with zero attached hydrogens (tertiary/aromatic N) is 5. The number of anilines is 1. The van der Waals surface area contributed by atoms with Crippen LogP contribution in [0.4, 0.5) is 5.82 Å². The fourth-order valence-corrected chi connectivity index (χ4v) is 2.16. The molecule has 0 atom stereocenters. The first-order valence-electron chi connectivity index (χ1n) is 7.10. The van der Waals surface area contributed by atoms with Crippen molar-refractivity contribution in [2.24, 2.45) is 0 Å². The van der Waals surface area contributed by atoms with E-state index < -0.39 is 11.8 Å². The number of aromatic nitrogens is 2. The van der Waals surface area contributed by atoms with Crippen molar-refractivity contribution in [2.45, 2.75) is 19.9 Å². The van der Waals surface area contributed by atoms with Crippen molar-refractivity contribution in [2.75, 3.05) is 31.1 Å². The molecule has 1 aromatic heterocycles. The predicted molar refractivity (Wildman–Crippen MR) is 78.8 cm³/mol. The zero-order chi connectivity index (χ0) is 16.1. The lowest BCUT2D eigenvalue weighted by Gasteiger charge is -2.34. The number of rotatable bonds is 2. The number of nitriles is 1. The fraction of sp³-hybridized carbons (Fsp3) is 0.500. The topological polar surface area (TPSA) is 102 Å². The number of nitrogens with one attached hydrogen (secondary N) is 1. The standard InChI is InChI=1S/C14H18N6O2/c1-10(2)16-13(21)14(22)20-7-5-19(6-8-20)12-4-3-11(9-15)17-18-12/h3-4,10H,5-8H2,1-2H3,(H,16,21). The van der Waals surface area contributed by atoms with Crippen molar-refractivity contribution in [3.63, 3.8) is 0 Å². The third-order valence-corrected chi connectivity index (χ3v) is 3.27. The first-order chi connectivity index (χ1) is 10.5. The van der Waals surface area contributed by atoms with Crippen LogP contribution in [0.1, 0.15) is 19.5 Å². The monoisotopic (exact) mass is 302 g/mol. The summed E-state index contributed by atoms with van der Waals surface area (Å²) in [6.45, 7) is 5.67. The largest absolute Gasteiger partial charge is 0.352 e. The molecule has 0 aliphatic carbocycles. The van der Waals surface area contributed by atoms with Crippen LogP contribution in [0.15, 0.2) is 12.1 Å². The maximum Gasteiger partial charge on any atom is 0.312 e. The predicted octanol–water partition coefficient (Wildman–Crippen LogP) is -0.479. The number of carbonyl (C=O) groups excluding carboxylic acids is 2. The Kier molecular flexibility index (Phi) is 4.88. The first-order valence-corrected chi connectivity index (χ1v) is 7.10. The van der Waals surface area contributed by atoms with Crippen LogP contribution in [0.5, 0.6) is 0 Å². The van der Waals surface area contributed by atoms with E-state index in [0.29, 0.717) is 32.0 Å². The van der Waals surface area contributed by atoms with Crippen molar-refractivity contribution in [1.29, 1.82) is 5.26 Å². The molecular weight excluding hydrogens is 284 g/mol. The molecule has 0 aromatic carbocycles. The molecule has 8 nitrogen and oxygen atoms in total. The molecule has 1 fully saturated rings. The minimum Gasteiger partial charge on any atom is -0.352 e. The van der Waals surface area contributed by atoms with Crippen LogP contribution in [-0.2, 0) is 9.59 Å². The molecular formula is C14H18N6O2. The van der Waals surface area contributed by atoms with Crippen molar-refractivity contribution in [3.8, 4) is 6.07 Å². The van der Waals surface area contributed by atoms with E-state index in [0.717, 1.165) is 0 Å². The van der Waals surface area contributed by atoms with Crippen LogP contribution >= 0.6 is 0 Å². The Labute approximate surface area is 128 Å². The van der Waals surface area contributed by atoms with Crippen molar-refractivity contribution in [3.05, 3.63) is 17.8 Å². The number of hydrogen-bond donors (Lipinski definition) is 1. The Hall–Kier alpha value is -2.69. The molecule has 2 rings (SSSR count). The Morgan fingerprint density at radius 3 is 2.41 bits per heavy atom. The molecule has 0 spiro atoms. The van der Waals surface area contributed by atoms with Gasteiger partial charge < -0.3 is 15.1 Å². The number of amides is 2. The highest BCUT2D eigenvalue weighted by Gasteiger charge is 2.26. The fourth-order valence-electron chi connectivity index (χ4n) is 2.16. The molecule has 0 radical (unpaired) electrons. The lowest BCUT2D eigenvalue weighted by molar-refractivity contribution is -0.146. The smallest absolute Gasteiger partial charge is 0.312 e. The van der Waals surface area contributed by atoms with Gasteiger partial charge in [0.15, 0.2) is 11.5 Å². The molecule has 22 heavy (non-hydrogen) atoms.